The quantitative estimate of drug-likeness (QED) is 0.609. The van der Waals surface area contributed by atoms with E-state index in [1.807, 2.05) is 48.9 Å². The van der Waals surface area contributed by atoms with Crippen molar-refractivity contribution in [1.82, 2.24) is 0 Å². The van der Waals surface area contributed by atoms with Gasteiger partial charge in [0.1, 0.15) is 0 Å². The molecule has 0 saturated carbocycles. The summed E-state index contributed by atoms with van der Waals surface area (Å²) in [4.78, 5) is 23.7. The minimum Gasteiger partial charge on any atom is -0.452 e. The Kier molecular flexibility index (Phi) is 6.75. The molecular weight excluding hydrogens is 322 g/mol. The molecule has 1 N–H and O–H groups in total. The molecule has 0 aliphatic carbocycles. The normalized spacial score (nSPS) is 10.8. The summed E-state index contributed by atoms with van der Waals surface area (Å²) in [7, 11) is 0. The predicted octanol–water partition coefficient (Wildman–Crippen LogP) is 4.07. The Morgan fingerprint density at radius 1 is 1.17 bits per heavy atom. The van der Waals surface area contributed by atoms with Crippen LogP contribution in [0.4, 0.5) is 5.69 Å². The molecule has 2 rings (SSSR count). The van der Waals surface area contributed by atoms with Gasteiger partial charge in [-0.15, -0.1) is 0 Å². The van der Waals surface area contributed by atoms with Gasteiger partial charge in [-0.3, -0.25) is 4.79 Å². The van der Waals surface area contributed by atoms with Gasteiger partial charge in [0, 0.05) is 11.8 Å². The van der Waals surface area contributed by atoms with E-state index in [1.54, 1.807) is 17.4 Å². The van der Waals surface area contributed by atoms with Crippen molar-refractivity contribution in [2.45, 2.75) is 26.7 Å². The maximum atomic E-state index is 12.1. The van der Waals surface area contributed by atoms with Crippen LogP contribution in [0, 0.1) is 0 Å². The van der Waals surface area contributed by atoms with Crippen LogP contribution in [0.25, 0.3) is 6.08 Å². The minimum atomic E-state index is -0.532. The van der Waals surface area contributed by atoms with Crippen LogP contribution in [0.2, 0.25) is 0 Å². The van der Waals surface area contributed by atoms with Crippen molar-refractivity contribution in [3.8, 4) is 0 Å². The SMILES string of the molecule is CCc1cccc(CC)c1NC(=O)COC(=O)/C=C/c1ccsc1. The lowest BCUT2D eigenvalue weighted by atomic mass is 10.0. The van der Waals surface area contributed by atoms with E-state index < -0.39 is 5.97 Å². The molecule has 0 saturated heterocycles. The van der Waals surface area contributed by atoms with Crippen molar-refractivity contribution >= 4 is 35.0 Å². The summed E-state index contributed by atoms with van der Waals surface area (Å²) in [6.07, 6.45) is 4.64. The molecule has 126 valence electrons. The van der Waals surface area contributed by atoms with E-state index in [4.69, 9.17) is 4.74 Å². The van der Waals surface area contributed by atoms with Gasteiger partial charge < -0.3 is 10.1 Å². The number of para-hydroxylation sites is 1. The number of carbonyl (C=O) groups excluding carboxylic acids is 2. The molecule has 0 atom stereocenters. The summed E-state index contributed by atoms with van der Waals surface area (Å²) >= 11 is 1.55. The number of rotatable bonds is 7. The molecule has 0 radical (unpaired) electrons. The number of hydrogen-bond donors (Lipinski definition) is 1. The molecule has 1 aromatic carbocycles. The number of esters is 1. The molecule has 0 aliphatic heterocycles. The van der Waals surface area contributed by atoms with E-state index >= 15 is 0 Å². The van der Waals surface area contributed by atoms with Gasteiger partial charge >= 0.3 is 5.97 Å². The number of hydrogen-bond acceptors (Lipinski definition) is 4. The summed E-state index contributed by atoms with van der Waals surface area (Å²) in [5, 5.41) is 6.71. The smallest absolute Gasteiger partial charge is 0.331 e. The van der Waals surface area contributed by atoms with Crippen molar-refractivity contribution in [2.75, 3.05) is 11.9 Å². The Morgan fingerprint density at radius 3 is 2.46 bits per heavy atom. The van der Waals surface area contributed by atoms with Gasteiger partial charge in [-0.2, -0.15) is 11.3 Å². The number of benzene rings is 1. The molecule has 2 aromatic rings. The lowest BCUT2D eigenvalue weighted by Gasteiger charge is -2.14. The fourth-order valence-electron chi connectivity index (χ4n) is 2.30. The Balaban J connectivity index is 1.91. The van der Waals surface area contributed by atoms with Gasteiger partial charge in [-0.05, 0) is 52.4 Å². The second kappa shape index (κ2) is 9.03. The Morgan fingerprint density at radius 2 is 1.88 bits per heavy atom. The zero-order valence-corrected chi connectivity index (χ0v) is 14.7. The molecule has 1 amide bonds. The highest BCUT2D eigenvalue weighted by Gasteiger charge is 2.11. The average Bonchev–Trinajstić information content (AvgIpc) is 3.11. The van der Waals surface area contributed by atoms with E-state index in [2.05, 4.69) is 5.32 Å². The first-order valence-corrected chi connectivity index (χ1v) is 8.86. The van der Waals surface area contributed by atoms with Crippen LogP contribution in [0.1, 0.15) is 30.5 Å². The van der Waals surface area contributed by atoms with Crippen LogP contribution in [-0.2, 0) is 27.2 Å². The monoisotopic (exact) mass is 343 g/mol. The molecule has 0 fully saturated rings. The average molecular weight is 343 g/mol. The third-order valence-electron chi connectivity index (χ3n) is 3.56. The van der Waals surface area contributed by atoms with Crippen LogP contribution < -0.4 is 5.32 Å². The molecule has 24 heavy (non-hydrogen) atoms. The van der Waals surface area contributed by atoms with E-state index in [1.165, 1.54) is 6.08 Å². The summed E-state index contributed by atoms with van der Waals surface area (Å²) < 4.78 is 4.99. The van der Waals surface area contributed by atoms with Gasteiger partial charge in [-0.25, -0.2) is 4.79 Å². The first-order chi connectivity index (χ1) is 11.6. The molecular formula is C19H21NO3S. The van der Waals surface area contributed by atoms with Crippen molar-refractivity contribution < 1.29 is 14.3 Å². The highest BCUT2D eigenvalue weighted by Crippen LogP contribution is 2.22. The molecule has 0 unspecified atom stereocenters. The topological polar surface area (TPSA) is 55.4 Å². The van der Waals surface area contributed by atoms with E-state index in [0.29, 0.717) is 0 Å². The Bertz CT molecular complexity index is 698. The van der Waals surface area contributed by atoms with Crippen molar-refractivity contribution in [1.29, 1.82) is 0 Å². The lowest BCUT2D eigenvalue weighted by Crippen LogP contribution is -2.21. The van der Waals surface area contributed by atoms with Crippen molar-refractivity contribution in [2.24, 2.45) is 0 Å². The number of thiophene rings is 1. The molecule has 5 heteroatoms. The molecule has 0 bridgehead atoms. The fourth-order valence-corrected chi connectivity index (χ4v) is 2.93. The van der Waals surface area contributed by atoms with Gasteiger partial charge in [-0.1, -0.05) is 32.0 Å². The molecule has 0 aliphatic rings. The van der Waals surface area contributed by atoms with E-state index in [9.17, 15) is 9.59 Å². The van der Waals surface area contributed by atoms with Gasteiger partial charge in [0.2, 0.25) is 0 Å². The third-order valence-corrected chi connectivity index (χ3v) is 4.27. The van der Waals surface area contributed by atoms with Gasteiger partial charge in [0.15, 0.2) is 6.61 Å². The Hall–Kier alpha value is -2.40. The Labute approximate surface area is 146 Å². The van der Waals surface area contributed by atoms with Crippen LogP contribution in [0.3, 0.4) is 0 Å². The number of aryl methyl sites for hydroxylation is 2. The fraction of sp³-hybridized carbons (Fsp3) is 0.263. The van der Waals surface area contributed by atoms with E-state index in [-0.39, 0.29) is 12.5 Å². The standard InChI is InChI=1S/C19H21NO3S/c1-3-15-6-5-7-16(4-2)19(15)20-17(21)12-23-18(22)9-8-14-10-11-24-13-14/h5-11,13H,3-4,12H2,1-2H3,(H,20,21)/b9-8+. The molecule has 1 aromatic heterocycles. The number of carbonyl (C=O) groups is 2. The number of nitrogens with one attached hydrogen (secondary N) is 1. The van der Waals surface area contributed by atoms with Crippen LogP contribution in [0.5, 0.6) is 0 Å². The predicted molar refractivity (Wildman–Crippen MR) is 98.1 cm³/mol. The van der Waals surface area contributed by atoms with Gasteiger partial charge in [0.25, 0.3) is 5.91 Å². The zero-order chi connectivity index (χ0) is 17.4. The second-order valence-corrected chi connectivity index (χ2v) is 5.98. The highest BCUT2D eigenvalue weighted by molar-refractivity contribution is 7.08. The van der Waals surface area contributed by atoms with Crippen LogP contribution in [0.15, 0.2) is 41.1 Å². The van der Waals surface area contributed by atoms with Gasteiger partial charge in [0.05, 0.1) is 0 Å². The summed E-state index contributed by atoms with van der Waals surface area (Å²) in [5.74, 6) is -0.862. The third kappa shape index (κ3) is 5.06. The summed E-state index contributed by atoms with van der Waals surface area (Å²) in [6, 6.07) is 7.87. The zero-order valence-electron chi connectivity index (χ0n) is 13.9. The van der Waals surface area contributed by atoms with Crippen LogP contribution in [-0.4, -0.2) is 18.5 Å². The lowest BCUT2D eigenvalue weighted by molar-refractivity contribution is -0.142. The number of amides is 1. The van der Waals surface area contributed by atoms with Crippen molar-refractivity contribution in [3.05, 3.63) is 57.8 Å². The number of ether oxygens (including phenoxy) is 1. The van der Waals surface area contributed by atoms with Crippen LogP contribution >= 0.6 is 11.3 Å². The van der Waals surface area contributed by atoms with E-state index in [0.717, 1.165) is 35.2 Å². The minimum absolute atomic E-state index is 0.298. The first-order valence-electron chi connectivity index (χ1n) is 7.91. The molecule has 4 nitrogen and oxygen atoms in total. The maximum absolute atomic E-state index is 12.1. The number of anilines is 1. The maximum Gasteiger partial charge on any atom is 0.331 e. The largest absolute Gasteiger partial charge is 0.452 e. The second-order valence-electron chi connectivity index (χ2n) is 5.20. The summed E-state index contributed by atoms with van der Waals surface area (Å²) in [6.45, 7) is 3.79. The molecule has 0 spiro atoms. The van der Waals surface area contributed by atoms with Crippen molar-refractivity contribution in [3.63, 3.8) is 0 Å². The first kappa shape index (κ1) is 17.9. The highest BCUT2D eigenvalue weighted by atomic mass is 32.1. The summed E-state index contributed by atoms with van der Waals surface area (Å²) in [5.41, 5.74) is 3.92. The molecule has 1 heterocycles.